The van der Waals surface area contributed by atoms with E-state index in [0.717, 1.165) is 0 Å². The number of aliphatic carboxylic acids is 1. The first kappa shape index (κ1) is 22.8. The minimum atomic E-state index is -1.27. The summed E-state index contributed by atoms with van der Waals surface area (Å²) < 4.78 is 0. The molecule has 4 atom stereocenters. The van der Waals surface area contributed by atoms with Crippen LogP contribution in [0.4, 0.5) is 0 Å². The third kappa shape index (κ3) is 8.48. The molecule has 0 aromatic heterocycles. The van der Waals surface area contributed by atoms with Gasteiger partial charge in [-0.2, -0.15) is 0 Å². The number of primary amides is 1. The number of hydrogen-bond acceptors (Lipinski definition) is 5. The maximum absolute atomic E-state index is 12.4. The van der Waals surface area contributed by atoms with Gasteiger partial charge in [0.15, 0.2) is 0 Å². The van der Waals surface area contributed by atoms with Crippen molar-refractivity contribution in [1.29, 1.82) is 0 Å². The molecule has 0 rings (SSSR count). The van der Waals surface area contributed by atoms with Crippen LogP contribution in [0, 0.1) is 11.8 Å². The van der Waals surface area contributed by atoms with Crippen molar-refractivity contribution in [1.82, 2.24) is 10.6 Å². The fraction of sp³-hybridized carbons (Fsp3) is 0.750. The SMILES string of the molecule is CC[C@H](C)[C@H](NC(=O)[C@H](CC(N)=O)NC(=O)[C@@H](N)CC(C)C)C(=O)O. The Bertz CT molecular complexity index is 495. The summed E-state index contributed by atoms with van der Waals surface area (Å²) in [4.78, 5) is 47.0. The Morgan fingerprint density at radius 1 is 1.04 bits per heavy atom. The molecule has 0 aromatic rings. The van der Waals surface area contributed by atoms with E-state index in [2.05, 4.69) is 10.6 Å². The second-order valence-corrected chi connectivity index (χ2v) is 6.68. The first-order valence-corrected chi connectivity index (χ1v) is 8.36. The summed E-state index contributed by atoms with van der Waals surface area (Å²) in [5.74, 6) is -3.51. The molecule has 0 aromatic carbocycles. The van der Waals surface area contributed by atoms with Gasteiger partial charge in [0.05, 0.1) is 12.5 Å². The molecule has 0 aliphatic carbocycles. The molecule has 0 radical (unpaired) electrons. The Kier molecular flexibility index (Phi) is 9.73. The van der Waals surface area contributed by atoms with Crippen LogP contribution in [0.25, 0.3) is 0 Å². The quantitative estimate of drug-likeness (QED) is 0.329. The van der Waals surface area contributed by atoms with Crippen LogP contribution >= 0.6 is 0 Å². The van der Waals surface area contributed by atoms with Gasteiger partial charge in [-0.25, -0.2) is 4.79 Å². The van der Waals surface area contributed by atoms with Crippen molar-refractivity contribution in [3.63, 3.8) is 0 Å². The van der Waals surface area contributed by atoms with E-state index in [9.17, 15) is 24.3 Å². The lowest BCUT2D eigenvalue weighted by Gasteiger charge is -2.25. The summed E-state index contributed by atoms with van der Waals surface area (Å²) in [6, 6.07) is -3.24. The van der Waals surface area contributed by atoms with E-state index in [0.29, 0.717) is 12.8 Å². The van der Waals surface area contributed by atoms with Crippen LogP contribution < -0.4 is 22.1 Å². The number of nitrogens with one attached hydrogen (secondary N) is 2. The molecule has 0 saturated heterocycles. The van der Waals surface area contributed by atoms with Gasteiger partial charge in [0.25, 0.3) is 0 Å². The average Bonchev–Trinajstić information content (AvgIpc) is 2.49. The second kappa shape index (κ2) is 10.7. The lowest BCUT2D eigenvalue weighted by Crippen LogP contribution is -2.56. The van der Waals surface area contributed by atoms with Gasteiger partial charge in [-0.3, -0.25) is 14.4 Å². The van der Waals surface area contributed by atoms with Gasteiger partial charge in [0.1, 0.15) is 12.1 Å². The molecule has 0 unspecified atom stereocenters. The molecule has 0 aliphatic rings. The van der Waals surface area contributed by atoms with E-state index in [1.807, 2.05) is 13.8 Å². The maximum atomic E-state index is 12.4. The molecule has 0 saturated carbocycles. The lowest BCUT2D eigenvalue weighted by molar-refractivity contribution is -0.143. The van der Waals surface area contributed by atoms with Gasteiger partial charge in [0, 0.05) is 0 Å². The molecular formula is C16H30N4O5. The van der Waals surface area contributed by atoms with Crippen LogP contribution in [0.3, 0.4) is 0 Å². The van der Waals surface area contributed by atoms with Crippen molar-refractivity contribution in [3.05, 3.63) is 0 Å². The van der Waals surface area contributed by atoms with Gasteiger partial charge in [-0.1, -0.05) is 34.1 Å². The molecule has 7 N–H and O–H groups in total. The van der Waals surface area contributed by atoms with Crippen molar-refractivity contribution in [2.75, 3.05) is 0 Å². The zero-order valence-electron chi connectivity index (χ0n) is 15.2. The Balaban J connectivity index is 5.12. The maximum Gasteiger partial charge on any atom is 0.326 e. The second-order valence-electron chi connectivity index (χ2n) is 6.68. The third-order valence-corrected chi connectivity index (χ3v) is 3.88. The molecule has 0 heterocycles. The summed E-state index contributed by atoms with van der Waals surface area (Å²) in [5.41, 5.74) is 10.9. The normalized spacial score (nSPS) is 15.8. The highest BCUT2D eigenvalue weighted by Gasteiger charge is 2.31. The molecule has 0 fully saturated rings. The number of amides is 3. The number of carbonyl (C=O) groups is 4. The summed E-state index contributed by atoms with van der Waals surface area (Å²) in [6.45, 7) is 7.26. The minimum absolute atomic E-state index is 0.172. The zero-order valence-corrected chi connectivity index (χ0v) is 15.2. The van der Waals surface area contributed by atoms with E-state index in [1.54, 1.807) is 13.8 Å². The molecule has 9 nitrogen and oxygen atoms in total. The number of hydrogen-bond donors (Lipinski definition) is 5. The van der Waals surface area contributed by atoms with E-state index in [-0.39, 0.29) is 11.8 Å². The van der Waals surface area contributed by atoms with Crippen LogP contribution in [-0.2, 0) is 19.2 Å². The van der Waals surface area contributed by atoms with Crippen molar-refractivity contribution in [2.24, 2.45) is 23.3 Å². The highest BCUT2D eigenvalue weighted by atomic mass is 16.4. The smallest absolute Gasteiger partial charge is 0.326 e. The Hall–Kier alpha value is -2.16. The molecule has 144 valence electrons. The standard InChI is InChI=1S/C16H30N4O5/c1-5-9(4)13(16(24)25)20-15(23)11(7-12(18)21)19-14(22)10(17)6-8(2)3/h8-11,13H,5-7,17H2,1-4H3,(H2,18,21)(H,19,22)(H,20,23)(H,24,25)/t9-,10-,11-,13-/m0/s1. The number of nitrogens with two attached hydrogens (primary N) is 2. The van der Waals surface area contributed by atoms with Crippen LogP contribution in [0.2, 0.25) is 0 Å². The molecular weight excluding hydrogens is 328 g/mol. The van der Waals surface area contributed by atoms with Crippen LogP contribution in [0.15, 0.2) is 0 Å². The Morgan fingerprint density at radius 3 is 2.00 bits per heavy atom. The van der Waals surface area contributed by atoms with E-state index >= 15 is 0 Å². The molecule has 3 amide bonds. The van der Waals surface area contributed by atoms with Crippen LogP contribution in [0.5, 0.6) is 0 Å². The highest BCUT2D eigenvalue weighted by molar-refractivity contribution is 5.94. The van der Waals surface area contributed by atoms with E-state index < -0.39 is 48.2 Å². The first-order valence-electron chi connectivity index (χ1n) is 8.36. The van der Waals surface area contributed by atoms with Crippen molar-refractivity contribution >= 4 is 23.7 Å². The topological polar surface area (TPSA) is 165 Å². The van der Waals surface area contributed by atoms with Gasteiger partial charge in [0.2, 0.25) is 17.7 Å². The first-order chi connectivity index (χ1) is 11.5. The van der Waals surface area contributed by atoms with Crippen LogP contribution in [-0.4, -0.2) is 46.9 Å². The number of carboxylic acids is 1. The summed E-state index contributed by atoms with van der Waals surface area (Å²) in [6.07, 6.45) is 0.490. The summed E-state index contributed by atoms with van der Waals surface area (Å²) in [5, 5.41) is 14.0. The lowest BCUT2D eigenvalue weighted by atomic mass is 9.98. The van der Waals surface area contributed by atoms with Gasteiger partial charge in [-0.05, 0) is 18.3 Å². The fourth-order valence-corrected chi connectivity index (χ4v) is 2.24. The zero-order chi connectivity index (χ0) is 19.7. The fourth-order valence-electron chi connectivity index (χ4n) is 2.24. The summed E-state index contributed by atoms with van der Waals surface area (Å²) in [7, 11) is 0. The summed E-state index contributed by atoms with van der Waals surface area (Å²) >= 11 is 0. The number of carboxylic acid groups (broad SMARTS) is 1. The molecule has 0 aliphatic heterocycles. The number of rotatable bonds is 11. The monoisotopic (exact) mass is 358 g/mol. The van der Waals surface area contributed by atoms with E-state index in [4.69, 9.17) is 11.5 Å². The highest BCUT2D eigenvalue weighted by Crippen LogP contribution is 2.09. The molecule has 0 spiro atoms. The van der Waals surface area contributed by atoms with Gasteiger partial charge < -0.3 is 27.2 Å². The van der Waals surface area contributed by atoms with Gasteiger partial charge >= 0.3 is 5.97 Å². The Morgan fingerprint density at radius 2 is 1.60 bits per heavy atom. The Labute approximate surface area is 147 Å². The molecule has 0 bridgehead atoms. The van der Waals surface area contributed by atoms with Crippen molar-refractivity contribution in [3.8, 4) is 0 Å². The van der Waals surface area contributed by atoms with Crippen molar-refractivity contribution < 1.29 is 24.3 Å². The third-order valence-electron chi connectivity index (χ3n) is 3.88. The largest absolute Gasteiger partial charge is 0.480 e. The van der Waals surface area contributed by atoms with Crippen molar-refractivity contribution in [2.45, 2.75) is 65.1 Å². The van der Waals surface area contributed by atoms with Gasteiger partial charge in [-0.15, -0.1) is 0 Å². The predicted octanol–water partition coefficient (Wildman–Crippen LogP) is -0.664. The average molecular weight is 358 g/mol. The number of carbonyl (C=O) groups excluding carboxylic acids is 3. The van der Waals surface area contributed by atoms with Crippen LogP contribution in [0.1, 0.15) is 47.0 Å². The predicted molar refractivity (Wildman–Crippen MR) is 92.2 cm³/mol. The van der Waals surface area contributed by atoms with E-state index in [1.165, 1.54) is 0 Å². The molecule has 25 heavy (non-hydrogen) atoms. The molecule has 9 heteroatoms. The minimum Gasteiger partial charge on any atom is -0.480 e.